The second-order valence-corrected chi connectivity index (χ2v) is 8.30. The number of hydrogen-bond donors (Lipinski definition) is 0. The van der Waals surface area contributed by atoms with Crippen LogP contribution in [0, 0.1) is 0 Å². The SMILES string of the molecule is c1csc(CN2CC[C@]3(CCC[C@@H](CN4CCOCC4)O3)C2)c1. The van der Waals surface area contributed by atoms with Crippen LogP contribution < -0.4 is 0 Å². The zero-order valence-electron chi connectivity index (χ0n) is 13.9. The molecule has 3 fully saturated rings. The largest absolute Gasteiger partial charge is 0.379 e. The van der Waals surface area contributed by atoms with Crippen LogP contribution in [0.1, 0.15) is 30.6 Å². The fourth-order valence-corrected chi connectivity index (χ4v) is 5.06. The zero-order chi connectivity index (χ0) is 15.5. The van der Waals surface area contributed by atoms with Gasteiger partial charge in [0.2, 0.25) is 0 Å². The molecule has 23 heavy (non-hydrogen) atoms. The summed E-state index contributed by atoms with van der Waals surface area (Å²) in [5.74, 6) is 0. The Morgan fingerprint density at radius 2 is 2.09 bits per heavy atom. The summed E-state index contributed by atoms with van der Waals surface area (Å²) in [7, 11) is 0. The number of hydrogen-bond acceptors (Lipinski definition) is 5. The maximum absolute atomic E-state index is 6.67. The Balaban J connectivity index is 1.31. The lowest BCUT2D eigenvalue weighted by atomic mass is 9.90. The van der Waals surface area contributed by atoms with Gasteiger partial charge in [0, 0.05) is 44.1 Å². The zero-order valence-corrected chi connectivity index (χ0v) is 14.7. The topological polar surface area (TPSA) is 24.9 Å². The molecule has 3 aliphatic heterocycles. The van der Waals surface area contributed by atoms with Crippen molar-refractivity contribution in [3.05, 3.63) is 22.4 Å². The predicted molar refractivity (Wildman–Crippen MR) is 92.9 cm³/mol. The van der Waals surface area contributed by atoms with Gasteiger partial charge in [-0.15, -0.1) is 11.3 Å². The molecule has 4 heterocycles. The number of thiophene rings is 1. The van der Waals surface area contributed by atoms with E-state index in [0.29, 0.717) is 6.10 Å². The molecule has 3 saturated heterocycles. The molecule has 1 spiro atoms. The van der Waals surface area contributed by atoms with Crippen LogP contribution in [0.3, 0.4) is 0 Å². The van der Waals surface area contributed by atoms with Gasteiger partial charge in [0.15, 0.2) is 0 Å². The first kappa shape index (κ1) is 16.0. The van der Waals surface area contributed by atoms with Crippen LogP contribution in [0.15, 0.2) is 17.5 Å². The molecule has 128 valence electrons. The van der Waals surface area contributed by atoms with E-state index >= 15 is 0 Å². The van der Waals surface area contributed by atoms with E-state index in [2.05, 4.69) is 27.3 Å². The van der Waals surface area contributed by atoms with Crippen LogP contribution in [0.2, 0.25) is 0 Å². The van der Waals surface area contributed by atoms with Gasteiger partial charge in [-0.05, 0) is 37.1 Å². The molecule has 3 aliphatic rings. The molecule has 4 rings (SSSR count). The van der Waals surface area contributed by atoms with E-state index in [1.54, 1.807) is 0 Å². The third-order valence-corrected chi connectivity index (χ3v) is 6.36. The minimum atomic E-state index is 0.131. The average molecular weight is 337 g/mol. The molecular weight excluding hydrogens is 308 g/mol. The predicted octanol–water partition coefficient (Wildman–Crippen LogP) is 2.59. The monoisotopic (exact) mass is 336 g/mol. The quantitative estimate of drug-likeness (QED) is 0.844. The van der Waals surface area contributed by atoms with E-state index in [0.717, 1.165) is 45.9 Å². The molecule has 0 N–H and O–H groups in total. The van der Waals surface area contributed by atoms with Gasteiger partial charge >= 0.3 is 0 Å². The second-order valence-electron chi connectivity index (χ2n) is 7.27. The lowest BCUT2D eigenvalue weighted by Crippen LogP contribution is -2.48. The Morgan fingerprint density at radius 3 is 2.91 bits per heavy atom. The van der Waals surface area contributed by atoms with Crippen LogP contribution in [-0.2, 0) is 16.0 Å². The minimum absolute atomic E-state index is 0.131. The Morgan fingerprint density at radius 1 is 1.17 bits per heavy atom. The van der Waals surface area contributed by atoms with Crippen molar-refractivity contribution in [1.29, 1.82) is 0 Å². The molecule has 1 aromatic rings. The summed E-state index contributed by atoms with van der Waals surface area (Å²) in [6.45, 7) is 8.38. The molecule has 0 aromatic carbocycles. The summed E-state index contributed by atoms with van der Waals surface area (Å²) in [5, 5.41) is 2.18. The van der Waals surface area contributed by atoms with Gasteiger partial charge in [-0.2, -0.15) is 0 Å². The molecule has 0 aliphatic carbocycles. The highest BCUT2D eigenvalue weighted by atomic mass is 32.1. The molecule has 0 bridgehead atoms. The molecular formula is C18H28N2O2S. The fourth-order valence-electron chi connectivity index (χ4n) is 4.31. The van der Waals surface area contributed by atoms with E-state index in [1.807, 2.05) is 11.3 Å². The second kappa shape index (κ2) is 7.19. The van der Waals surface area contributed by atoms with Crippen LogP contribution in [-0.4, -0.2) is 67.4 Å². The summed E-state index contributed by atoms with van der Waals surface area (Å²) >= 11 is 1.87. The Labute approximate surface area is 143 Å². The van der Waals surface area contributed by atoms with Crippen molar-refractivity contribution in [2.24, 2.45) is 0 Å². The van der Waals surface area contributed by atoms with Gasteiger partial charge in [-0.1, -0.05) is 6.07 Å². The number of likely N-dealkylation sites (tertiary alicyclic amines) is 1. The van der Waals surface area contributed by atoms with E-state index in [9.17, 15) is 0 Å². The van der Waals surface area contributed by atoms with Gasteiger partial charge in [0.25, 0.3) is 0 Å². The first-order valence-electron chi connectivity index (χ1n) is 9.04. The first-order valence-corrected chi connectivity index (χ1v) is 9.92. The van der Waals surface area contributed by atoms with Crippen LogP contribution in [0.5, 0.6) is 0 Å². The molecule has 5 heteroatoms. The van der Waals surface area contributed by atoms with E-state index in [1.165, 1.54) is 37.1 Å². The summed E-state index contributed by atoms with van der Waals surface area (Å²) in [5.41, 5.74) is 0.131. The molecule has 1 aromatic heterocycles. The third kappa shape index (κ3) is 3.97. The molecule has 0 unspecified atom stereocenters. The highest BCUT2D eigenvalue weighted by Crippen LogP contribution is 2.37. The molecule has 4 nitrogen and oxygen atoms in total. The normalized spacial score (nSPS) is 33.5. The molecule has 2 atom stereocenters. The lowest BCUT2D eigenvalue weighted by Gasteiger charge is -2.41. The number of ether oxygens (including phenoxy) is 2. The number of rotatable bonds is 4. The van der Waals surface area contributed by atoms with Crippen molar-refractivity contribution >= 4 is 11.3 Å². The molecule has 0 radical (unpaired) electrons. The summed E-state index contributed by atoms with van der Waals surface area (Å²) < 4.78 is 12.1. The fraction of sp³-hybridized carbons (Fsp3) is 0.778. The maximum Gasteiger partial charge on any atom is 0.0825 e. The van der Waals surface area contributed by atoms with Gasteiger partial charge in [0.1, 0.15) is 0 Å². The van der Waals surface area contributed by atoms with Crippen LogP contribution in [0.4, 0.5) is 0 Å². The third-order valence-electron chi connectivity index (χ3n) is 5.50. The first-order chi connectivity index (χ1) is 11.3. The van der Waals surface area contributed by atoms with Crippen molar-refractivity contribution in [2.75, 3.05) is 45.9 Å². The Hall–Kier alpha value is -0.460. The Bertz CT molecular complexity index is 489. The van der Waals surface area contributed by atoms with Crippen molar-refractivity contribution in [2.45, 2.75) is 43.9 Å². The van der Waals surface area contributed by atoms with Crippen molar-refractivity contribution < 1.29 is 9.47 Å². The number of nitrogens with zero attached hydrogens (tertiary/aromatic N) is 2. The maximum atomic E-state index is 6.67. The van der Waals surface area contributed by atoms with Crippen LogP contribution in [0.25, 0.3) is 0 Å². The summed E-state index contributed by atoms with van der Waals surface area (Å²) in [4.78, 5) is 6.58. The highest BCUT2D eigenvalue weighted by Gasteiger charge is 2.43. The highest BCUT2D eigenvalue weighted by molar-refractivity contribution is 7.09. The smallest absolute Gasteiger partial charge is 0.0825 e. The lowest BCUT2D eigenvalue weighted by molar-refractivity contribution is -0.132. The van der Waals surface area contributed by atoms with Gasteiger partial charge in [-0.25, -0.2) is 0 Å². The minimum Gasteiger partial charge on any atom is -0.379 e. The van der Waals surface area contributed by atoms with Crippen LogP contribution >= 0.6 is 11.3 Å². The van der Waals surface area contributed by atoms with E-state index in [-0.39, 0.29) is 5.60 Å². The summed E-state index contributed by atoms with van der Waals surface area (Å²) in [6.07, 6.45) is 5.42. The summed E-state index contributed by atoms with van der Waals surface area (Å²) in [6, 6.07) is 4.40. The molecule has 0 saturated carbocycles. The number of morpholine rings is 1. The van der Waals surface area contributed by atoms with Crippen molar-refractivity contribution in [3.63, 3.8) is 0 Å². The standard InChI is InChI=1S/C18H28N2O2S/c1-3-16(13-19-8-10-21-11-9-19)22-18(5-1)6-7-20(15-18)14-17-4-2-12-23-17/h2,4,12,16H,1,3,5-11,13-15H2/t16-,18+/m0/s1. The van der Waals surface area contributed by atoms with E-state index < -0.39 is 0 Å². The Kier molecular flexibility index (Phi) is 5.02. The van der Waals surface area contributed by atoms with Gasteiger partial charge in [-0.3, -0.25) is 9.80 Å². The van der Waals surface area contributed by atoms with E-state index in [4.69, 9.17) is 9.47 Å². The average Bonchev–Trinajstić information content (AvgIpc) is 3.20. The molecule has 0 amide bonds. The van der Waals surface area contributed by atoms with Crippen molar-refractivity contribution in [1.82, 2.24) is 9.80 Å². The van der Waals surface area contributed by atoms with Gasteiger partial charge < -0.3 is 9.47 Å². The van der Waals surface area contributed by atoms with Crippen molar-refractivity contribution in [3.8, 4) is 0 Å². The van der Waals surface area contributed by atoms with Gasteiger partial charge in [0.05, 0.1) is 24.9 Å².